The van der Waals surface area contributed by atoms with E-state index in [9.17, 15) is 0 Å². The Morgan fingerprint density at radius 2 is 1.50 bits per heavy atom. The summed E-state index contributed by atoms with van der Waals surface area (Å²) in [6, 6.07) is 0. The number of nitrogens with zero attached hydrogens (tertiary/aromatic N) is 3. The summed E-state index contributed by atoms with van der Waals surface area (Å²) >= 11 is 4.41. The first-order valence-electron chi connectivity index (χ1n) is 6.66. The Labute approximate surface area is 105 Å². The van der Waals surface area contributed by atoms with E-state index in [2.05, 4.69) is 33.8 Å². The number of hydrogen-bond acceptors (Lipinski definition) is 4. The molecule has 0 aromatic rings. The van der Waals surface area contributed by atoms with Gasteiger partial charge in [0.1, 0.15) is 0 Å². The normalized spacial score (nSPS) is 27.4. The molecule has 0 spiro atoms. The highest BCUT2D eigenvalue weighted by Gasteiger charge is 2.22. The lowest BCUT2D eigenvalue weighted by Gasteiger charge is -2.37. The fourth-order valence-electron chi connectivity index (χ4n) is 2.76. The fraction of sp³-hybridized carbons (Fsp3) is 1.00. The Hall–Kier alpha value is 0.230. The zero-order chi connectivity index (χ0) is 11.4. The number of rotatable bonds is 3. The molecule has 2 aliphatic rings. The quantitative estimate of drug-likeness (QED) is 0.746. The van der Waals surface area contributed by atoms with Crippen molar-refractivity contribution in [2.45, 2.75) is 19.8 Å². The highest BCUT2D eigenvalue weighted by atomic mass is 32.1. The molecule has 4 heteroatoms. The topological polar surface area (TPSA) is 9.72 Å². The van der Waals surface area contributed by atoms with E-state index in [0.717, 1.165) is 5.92 Å². The van der Waals surface area contributed by atoms with Crippen molar-refractivity contribution < 1.29 is 0 Å². The van der Waals surface area contributed by atoms with Crippen LogP contribution in [0.25, 0.3) is 0 Å². The fourth-order valence-corrected chi connectivity index (χ4v) is 2.99. The maximum Gasteiger partial charge on any atom is 0.0110 e. The molecule has 0 saturated carbocycles. The Morgan fingerprint density at radius 1 is 0.938 bits per heavy atom. The summed E-state index contributed by atoms with van der Waals surface area (Å²) in [6.07, 6.45) is 2.66. The number of piperidine rings is 1. The van der Waals surface area contributed by atoms with Crippen molar-refractivity contribution in [3.8, 4) is 0 Å². The first-order chi connectivity index (χ1) is 7.78. The van der Waals surface area contributed by atoms with Crippen LogP contribution in [-0.2, 0) is 0 Å². The molecule has 0 aromatic carbocycles. The van der Waals surface area contributed by atoms with Crippen LogP contribution in [0.1, 0.15) is 19.8 Å². The van der Waals surface area contributed by atoms with Crippen molar-refractivity contribution in [3.05, 3.63) is 0 Å². The van der Waals surface area contributed by atoms with Crippen LogP contribution in [0.2, 0.25) is 0 Å². The van der Waals surface area contributed by atoms with Crippen LogP contribution in [0.5, 0.6) is 0 Å². The van der Waals surface area contributed by atoms with Crippen molar-refractivity contribution in [3.63, 3.8) is 0 Å². The third-order valence-electron chi connectivity index (χ3n) is 4.02. The van der Waals surface area contributed by atoms with Gasteiger partial charge in [-0.05, 0) is 25.3 Å². The van der Waals surface area contributed by atoms with Crippen LogP contribution < -0.4 is 0 Å². The van der Waals surface area contributed by atoms with Gasteiger partial charge in [-0.1, -0.05) is 19.7 Å². The van der Waals surface area contributed by atoms with E-state index in [1.807, 2.05) is 0 Å². The van der Waals surface area contributed by atoms with Crippen molar-refractivity contribution in [2.75, 3.05) is 52.4 Å². The molecular weight excluding hydrogens is 218 g/mol. The first-order valence-corrected chi connectivity index (χ1v) is 7.06. The van der Waals surface area contributed by atoms with Crippen LogP contribution in [0, 0.1) is 5.92 Å². The van der Waals surface area contributed by atoms with E-state index < -0.39 is 0 Å². The maximum absolute atomic E-state index is 4.41. The highest BCUT2D eigenvalue weighted by molar-refractivity contribution is 7.77. The molecule has 0 aliphatic carbocycles. The average Bonchev–Trinajstić information content (AvgIpc) is 2.33. The van der Waals surface area contributed by atoms with E-state index in [1.165, 1.54) is 65.2 Å². The molecule has 0 bridgehead atoms. The van der Waals surface area contributed by atoms with Crippen LogP contribution in [0.15, 0.2) is 0 Å². The second-order valence-electron chi connectivity index (χ2n) is 5.13. The predicted molar refractivity (Wildman–Crippen MR) is 71.8 cm³/mol. The largest absolute Gasteiger partial charge is 0.301 e. The molecule has 0 radical (unpaired) electrons. The van der Waals surface area contributed by atoms with E-state index in [-0.39, 0.29) is 0 Å². The molecule has 3 nitrogen and oxygen atoms in total. The van der Waals surface area contributed by atoms with Gasteiger partial charge in [-0.2, -0.15) is 0 Å². The zero-order valence-electron chi connectivity index (χ0n) is 10.4. The van der Waals surface area contributed by atoms with E-state index >= 15 is 0 Å². The number of hydrogen-bond donors (Lipinski definition) is 1. The molecule has 0 atom stereocenters. The molecule has 94 valence electrons. The summed E-state index contributed by atoms with van der Waals surface area (Å²) in [6.45, 7) is 12.2. The van der Waals surface area contributed by atoms with Gasteiger partial charge in [-0.3, -0.25) is 4.31 Å². The minimum absolute atomic E-state index is 0.913. The molecule has 2 saturated heterocycles. The SMILES string of the molecule is CCN1CCN(CC2CCN(S)CC2)CC1. The molecule has 16 heavy (non-hydrogen) atoms. The Balaban J connectivity index is 1.66. The van der Waals surface area contributed by atoms with Crippen molar-refractivity contribution in [1.82, 2.24) is 14.1 Å². The van der Waals surface area contributed by atoms with Gasteiger partial charge in [0, 0.05) is 45.8 Å². The summed E-state index contributed by atoms with van der Waals surface area (Å²) in [7, 11) is 0. The smallest absolute Gasteiger partial charge is 0.0110 e. The predicted octanol–water partition coefficient (Wildman–Crippen LogP) is 1.18. The Bertz CT molecular complexity index is 196. The molecular formula is C12H25N3S. The molecule has 2 fully saturated rings. The lowest BCUT2D eigenvalue weighted by molar-refractivity contribution is 0.110. The lowest BCUT2D eigenvalue weighted by Crippen LogP contribution is -2.48. The standard InChI is InChI=1S/C12H25N3S/c1-2-13-7-9-14(10-8-13)11-12-3-5-15(16)6-4-12/h12,16H,2-11H2,1H3. The molecule has 0 aromatic heterocycles. The van der Waals surface area contributed by atoms with Crippen LogP contribution >= 0.6 is 12.8 Å². The van der Waals surface area contributed by atoms with Gasteiger partial charge in [0.25, 0.3) is 0 Å². The number of thiol groups is 1. The first kappa shape index (κ1) is 12.7. The maximum atomic E-state index is 4.41. The monoisotopic (exact) mass is 243 g/mol. The van der Waals surface area contributed by atoms with Crippen molar-refractivity contribution >= 4 is 12.8 Å². The van der Waals surface area contributed by atoms with E-state index in [4.69, 9.17) is 0 Å². The summed E-state index contributed by atoms with van der Waals surface area (Å²) in [5.41, 5.74) is 0. The lowest BCUT2D eigenvalue weighted by atomic mass is 9.97. The van der Waals surface area contributed by atoms with Gasteiger partial charge in [0.2, 0.25) is 0 Å². The van der Waals surface area contributed by atoms with Gasteiger partial charge >= 0.3 is 0 Å². The minimum Gasteiger partial charge on any atom is -0.301 e. The number of piperazine rings is 1. The summed E-state index contributed by atoms with van der Waals surface area (Å²) < 4.78 is 2.16. The van der Waals surface area contributed by atoms with Crippen molar-refractivity contribution in [2.24, 2.45) is 5.92 Å². The van der Waals surface area contributed by atoms with Crippen LogP contribution in [-0.4, -0.2) is 66.5 Å². The highest BCUT2D eigenvalue weighted by Crippen LogP contribution is 2.19. The zero-order valence-corrected chi connectivity index (χ0v) is 11.3. The van der Waals surface area contributed by atoms with Gasteiger partial charge < -0.3 is 9.80 Å². The van der Waals surface area contributed by atoms with E-state index in [1.54, 1.807) is 0 Å². The molecule has 0 amide bonds. The van der Waals surface area contributed by atoms with Gasteiger partial charge in [0.05, 0.1) is 0 Å². The van der Waals surface area contributed by atoms with Gasteiger partial charge in [0.15, 0.2) is 0 Å². The molecule has 2 rings (SSSR count). The van der Waals surface area contributed by atoms with Crippen molar-refractivity contribution in [1.29, 1.82) is 0 Å². The van der Waals surface area contributed by atoms with E-state index in [0.29, 0.717) is 0 Å². The summed E-state index contributed by atoms with van der Waals surface area (Å²) in [5.74, 6) is 0.913. The molecule has 0 unspecified atom stereocenters. The summed E-state index contributed by atoms with van der Waals surface area (Å²) in [5, 5.41) is 0. The third kappa shape index (κ3) is 3.62. The Kier molecular flexibility index (Phi) is 4.95. The second kappa shape index (κ2) is 6.24. The molecule has 2 heterocycles. The Morgan fingerprint density at radius 3 is 2.06 bits per heavy atom. The van der Waals surface area contributed by atoms with Crippen LogP contribution in [0.4, 0.5) is 0 Å². The van der Waals surface area contributed by atoms with Gasteiger partial charge in [-0.15, -0.1) is 0 Å². The minimum atomic E-state index is 0.913. The third-order valence-corrected chi connectivity index (χ3v) is 4.42. The molecule has 2 aliphatic heterocycles. The summed E-state index contributed by atoms with van der Waals surface area (Å²) in [4.78, 5) is 5.21. The average molecular weight is 243 g/mol. The second-order valence-corrected chi connectivity index (χ2v) is 5.70. The van der Waals surface area contributed by atoms with Crippen LogP contribution in [0.3, 0.4) is 0 Å². The number of likely N-dealkylation sites (N-methyl/N-ethyl adjacent to an activating group) is 1. The van der Waals surface area contributed by atoms with Gasteiger partial charge in [-0.25, -0.2) is 0 Å². The molecule has 0 N–H and O–H groups in total.